The third-order valence-electron chi connectivity index (χ3n) is 3.61. The zero-order valence-corrected chi connectivity index (χ0v) is 11.6. The quantitative estimate of drug-likeness (QED) is 0.748. The molecule has 0 bridgehead atoms. The summed E-state index contributed by atoms with van der Waals surface area (Å²) in [5.74, 6) is 0.646. The van der Waals surface area contributed by atoms with E-state index in [0.29, 0.717) is 17.9 Å². The molecule has 17 heavy (non-hydrogen) atoms. The van der Waals surface area contributed by atoms with Crippen molar-refractivity contribution in [3.63, 3.8) is 0 Å². The molecule has 0 spiro atoms. The predicted octanol–water partition coefficient (Wildman–Crippen LogP) is 2.32. The molecule has 0 radical (unpaired) electrons. The Bertz CT molecular complexity index is 232. The minimum absolute atomic E-state index is 0.123. The van der Waals surface area contributed by atoms with Crippen molar-refractivity contribution in [3.8, 4) is 0 Å². The van der Waals surface area contributed by atoms with Gasteiger partial charge >= 0.3 is 0 Å². The maximum atomic E-state index is 11.5. The van der Waals surface area contributed by atoms with E-state index in [4.69, 9.17) is 0 Å². The molecule has 1 amide bonds. The van der Waals surface area contributed by atoms with Gasteiger partial charge in [0.25, 0.3) is 0 Å². The lowest BCUT2D eigenvalue weighted by Gasteiger charge is -2.33. The highest BCUT2D eigenvalue weighted by molar-refractivity contribution is 5.77. The minimum Gasteiger partial charge on any atom is -0.355 e. The molecule has 1 fully saturated rings. The second kappa shape index (κ2) is 7.00. The van der Waals surface area contributed by atoms with Crippen molar-refractivity contribution in [1.82, 2.24) is 10.6 Å². The number of hydrogen-bond donors (Lipinski definition) is 2. The van der Waals surface area contributed by atoms with Gasteiger partial charge in [0.2, 0.25) is 5.91 Å². The largest absolute Gasteiger partial charge is 0.355 e. The molecule has 100 valence electrons. The van der Waals surface area contributed by atoms with E-state index in [0.717, 1.165) is 13.1 Å². The lowest BCUT2D eigenvalue weighted by Crippen LogP contribution is -2.40. The fraction of sp³-hybridized carbons (Fsp3) is 0.929. The molecule has 3 nitrogen and oxygen atoms in total. The van der Waals surface area contributed by atoms with E-state index in [2.05, 4.69) is 31.4 Å². The van der Waals surface area contributed by atoms with Crippen LogP contribution in [0, 0.1) is 11.3 Å². The Morgan fingerprint density at radius 2 is 1.88 bits per heavy atom. The van der Waals surface area contributed by atoms with Crippen molar-refractivity contribution in [2.24, 2.45) is 11.3 Å². The first-order valence-corrected chi connectivity index (χ1v) is 6.99. The molecular formula is C14H28N2O. The van der Waals surface area contributed by atoms with E-state index in [1.807, 2.05) is 0 Å². The fourth-order valence-corrected chi connectivity index (χ4v) is 2.44. The van der Waals surface area contributed by atoms with Crippen molar-refractivity contribution < 1.29 is 4.79 Å². The highest BCUT2D eigenvalue weighted by atomic mass is 16.1. The Balaban J connectivity index is 2.11. The summed E-state index contributed by atoms with van der Waals surface area (Å²) >= 11 is 0. The van der Waals surface area contributed by atoms with E-state index < -0.39 is 0 Å². The molecule has 0 aliphatic heterocycles. The molecule has 0 heterocycles. The average molecular weight is 240 g/mol. The minimum atomic E-state index is 0.123. The predicted molar refractivity (Wildman–Crippen MR) is 71.9 cm³/mol. The van der Waals surface area contributed by atoms with Crippen LogP contribution in [0.3, 0.4) is 0 Å². The fourth-order valence-electron chi connectivity index (χ4n) is 2.44. The summed E-state index contributed by atoms with van der Waals surface area (Å²) < 4.78 is 0. The van der Waals surface area contributed by atoms with Crippen LogP contribution >= 0.6 is 0 Å². The van der Waals surface area contributed by atoms with Gasteiger partial charge in [-0.15, -0.1) is 0 Å². The number of carbonyl (C=O) groups is 1. The van der Waals surface area contributed by atoms with Gasteiger partial charge in [-0.05, 0) is 24.2 Å². The summed E-state index contributed by atoms with van der Waals surface area (Å²) in [6.45, 7) is 8.76. The van der Waals surface area contributed by atoms with Crippen LogP contribution in [0.1, 0.15) is 52.9 Å². The van der Waals surface area contributed by atoms with Crippen LogP contribution in [-0.4, -0.2) is 25.5 Å². The molecule has 3 heteroatoms. The average Bonchev–Trinajstić information content (AvgIpc) is 2.27. The van der Waals surface area contributed by atoms with Gasteiger partial charge in [-0.1, -0.05) is 40.0 Å². The normalized spacial score (nSPS) is 19.3. The van der Waals surface area contributed by atoms with Crippen LogP contribution in [0.4, 0.5) is 0 Å². The maximum absolute atomic E-state index is 11.5. The number of carbonyl (C=O) groups excluding carboxylic acids is 1. The van der Waals surface area contributed by atoms with Gasteiger partial charge in [0, 0.05) is 13.1 Å². The summed E-state index contributed by atoms with van der Waals surface area (Å²) in [6.07, 6.45) is 6.67. The van der Waals surface area contributed by atoms with Crippen molar-refractivity contribution in [2.75, 3.05) is 19.6 Å². The molecule has 0 aromatic carbocycles. The van der Waals surface area contributed by atoms with Gasteiger partial charge in [0.05, 0.1) is 6.54 Å². The number of amides is 1. The molecule has 2 N–H and O–H groups in total. The topological polar surface area (TPSA) is 41.1 Å². The van der Waals surface area contributed by atoms with Gasteiger partial charge in [0.1, 0.15) is 0 Å². The smallest absolute Gasteiger partial charge is 0.233 e. The summed E-state index contributed by atoms with van der Waals surface area (Å²) in [5, 5.41) is 6.24. The van der Waals surface area contributed by atoms with Gasteiger partial charge in [0.15, 0.2) is 0 Å². The Morgan fingerprint density at radius 1 is 1.24 bits per heavy atom. The summed E-state index contributed by atoms with van der Waals surface area (Å²) in [5.41, 5.74) is 0.413. The monoisotopic (exact) mass is 240 g/mol. The Hall–Kier alpha value is -0.570. The number of rotatable bonds is 6. The Morgan fingerprint density at radius 3 is 2.47 bits per heavy atom. The van der Waals surface area contributed by atoms with E-state index >= 15 is 0 Å². The SMILES string of the molecule is CC(C)CNC(=O)CNCC1(C)CCCCC1. The van der Waals surface area contributed by atoms with Crippen LogP contribution in [-0.2, 0) is 4.79 Å². The molecule has 1 saturated carbocycles. The van der Waals surface area contributed by atoms with Crippen molar-refractivity contribution >= 4 is 5.91 Å². The zero-order chi connectivity index (χ0) is 12.7. The van der Waals surface area contributed by atoms with E-state index in [1.54, 1.807) is 0 Å². The van der Waals surface area contributed by atoms with Crippen LogP contribution in [0.15, 0.2) is 0 Å². The highest BCUT2D eigenvalue weighted by Gasteiger charge is 2.26. The summed E-state index contributed by atoms with van der Waals surface area (Å²) in [4.78, 5) is 11.5. The molecule has 0 unspecified atom stereocenters. The second-order valence-electron chi connectivity index (χ2n) is 6.17. The molecule has 0 aromatic rings. The first-order chi connectivity index (χ1) is 8.02. The van der Waals surface area contributed by atoms with Crippen LogP contribution < -0.4 is 10.6 Å². The van der Waals surface area contributed by atoms with Gasteiger partial charge in [-0.3, -0.25) is 4.79 Å². The number of hydrogen-bond acceptors (Lipinski definition) is 2. The molecule has 1 rings (SSSR count). The molecule has 0 aromatic heterocycles. The summed E-state index contributed by atoms with van der Waals surface area (Å²) in [6, 6.07) is 0. The molecule has 0 atom stereocenters. The van der Waals surface area contributed by atoms with E-state index in [1.165, 1.54) is 32.1 Å². The Labute approximate surface area is 106 Å². The molecule has 0 saturated heterocycles. The first kappa shape index (κ1) is 14.5. The van der Waals surface area contributed by atoms with Crippen LogP contribution in [0.5, 0.6) is 0 Å². The van der Waals surface area contributed by atoms with Gasteiger partial charge in [-0.25, -0.2) is 0 Å². The van der Waals surface area contributed by atoms with Crippen molar-refractivity contribution in [3.05, 3.63) is 0 Å². The zero-order valence-electron chi connectivity index (χ0n) is 11.6. The van der Waals surface area contributed by atoms with Crippen molar-refractivity contribution in [2.45, 2.75) is 52.9 Å². The Kier molecular flexibility index (Phi) is 5.96. The third kappa shape index (κ3) is 6.06. The van der Waals surface area contributed by atoms with Crippen LogP contribution in [0.25, 0.3) is 0 Å². The van der Waals surface area contributed by atoms with Crippen LogP contribution in [0.2, 0.25) is 0 Å². The summed E-state index contributed by atoms with van der Waals surface area (Å²) in [7, 11) is 0. The highest BCUT2D eigenvalue weighted by Crippen LogP contribution is 2.34. The second-order valence-corrected chi connectivity index (χ2v) is 6.17. The molecule has 1 aliphatic carbocycles. The standard InChI is InChI=1S/C14H28N2O/c1-12(2)9-16-13(17)10-15-11-14(3)7-5-4-6-8-14/h12,15H,4-11H2,1-3H3,(H,16,17). The lowest BCUT2D eigenvalue weighted by atomic mass is 9.76. The van der Waals surface area contributed by atoms with Gasteiger partial charge in [-0.2, -0.15) is 0 Å². The molecule has 1 aliphatic rings. The third-order valence-corrected chi connectivity index (χ3v) is 3.61. The first-order valence-electron chi connectivity index (χ1n) is 6.99. The maximum Gasteiger partial charge on any atom is 0.233 e. The lowest BCUT2D eigenvalue weighted by molar-refractivity contribution is -0.120. The van der Waals surface area contributed by atoms with E-state index in [-0.39, 0.29) is 5.91 Å². The molecular weight excluding hydrogens is 212 g/mol. The van der Waals surface area contributed by atoms with Crippen molar-refractivity contribution in [1.29, 1.82) is 0 Å². The van der Waals surface area contributed by atoms with E-state index in [9.17, 15) is 4.79 Å². The number of nitrogens with one attached hydrogen (secondary N) is 2. The van der Waals surface area contributed by atoms with Gasteiger partial charge < -0.3 is 10.6 Å².